The van der Waals surface area contributed by atoms with E-state index in [1.54, 1.807) is 6.92 Å². The maximum Gasteiger partial charge on any atom is 0.157 e. The molecule has 0 atom stereocenters. The molecule has 0 aliphatic heterocycles. The zero-order chi connectivity index (χ0) is 4.99. The topological polar surface area (TPSA) is 37.3 Å². The predicted molar refractivity (Wildman–Crippen MR) is 22.4 cm³/mol. The smallest absolute Gasteiger partial charge is 0.157 e. The van der Waals surface area contributed by atoms with Crippen LogP contribution in [0.3, 0.4) is 0 Å². The molecule has 2 nitrogen and oxygen atoms in total. The summed E-state index contributed by atoms with van der Waals surface area (Å²) in [7, 11) is 0. The third kappa shape index (κ3) is 18.2. The summed E-state index contributed by atoms with van der Waals surface area (Å²) in [6.45, 7) is 1.41. The molecule has 0 fully saturated rings. The van der Waals surface area contributed by atoms with Crippen molar-refractivity contribution in [1.82, 2.24) is 0 Å². The van der Waals surface area contributed by atoms with E-state index in [0.29, 0.717) is 6.42 Å². The molecule has 0 heterocycles. The fraction of sp³-hybridized carbons (Fsp3) is 0.750. The largest absolute Gasteiger partial charge is 0.389 e. The number of rotatable bonds is 2. The number of hydrogen-bond donors (Lipinski definition) is 1. The second-order valence-electron chi connectivity index (χ2n) is 1.05. The van der Waals surface area contributed by atoms with Crippen LogP contribution in [-0.4, -0.2) is 17.5 Å². The number of carbonyl (C=O) groups is 1. The van der Waals surface area contributed by atoms with Gasteiger partial charge in [0.15, 0.2) is 5.78 Å². The summed E-state index contributed by atoms with van der Waals surface area (Å²) in [5.41, 5.74) is 0. The van der Waals surface area contributed by atoms with Gasteiger partial charge in [0.25, 0.3) is 0 Å². The number of hydrogen-bond acceptors (Lipinski definition) is 2. The normalized spacial score (nSPS) is 5.56. The van der Waals surface area contributed by atoms with Gasteiger partial charge in [0.05, 0.1) is 0 Å². The number of ketones is 1. The molecule has 1 N–H and O–H groups in total. The number of aliphatic hydroxyl groups is 1. The van der Waals surface area contributed by atoms with Gasteiger partial charge in [-0.05, 0) is 0 Å². The first kappa shape index (κ1) is 22.7. The van der Waals surface area contributed by atoms with E-state index in [0.717, 1.165) is 0 Å². The van der Waals surface area contributed by atoms with Crippen molar-refractivity contribution in [2.75, 3.05) is 6.61 Å². The van der Waals surface area contributed by atoms with Gasteiger partial charge in [0.2, 0.25) is 0 Å². The summed E-state index contributed by atoms with van der Waals surface area (Å²) >= 11 is 0. The number of Topliss-reactive ketones (excluding diaryl/α,β-unsaturated/α-hetero) is 1. The zero-order valence-corrected chi connectivity index (χ0v) is 14.0. The average Bonchev–Trinajstić information content (AvgIpc) is 1.65. The van der Waals surface area contributed by atoms with Crippen LogP contribution in [0.25, 0.3) is 0 Å². The number of aliphatic hydroxyl groups excluding tert-OH is 1. The molecule has 0 bridgehead atoms. The van der Waals surface area contributed by atoms with Gasteiger partial charge in [-0.25, -0.2) is 0 Å². The molecule has 45 valence electrons. The van der Waals surface area contributed by atoms with Crippen LogP contribution in [0.5, 0.6) is 0 Å². The van der Waals surface area contributed by atoms with Gasteiger partial charge in [-0.1, -0.05) is 6.92 Å². The molecule has 0 aliphatic carbocycles. The Kier molecular flexibility index (Phi) is 43.2. The first-order valence-corrected chi connectivity index (χ1v) is 1.93. The molecule has 0 saturated heterocycles. The minimum Gasteiger partial charge on any atom is -0.389 e. The van der Waals surface area contributed by atoms with Crippen molar-refractivity contribution < 1.29 is 108 Å². The van der Waals surface area contributed by atoms with E-state index in [1.165, 1.54) is 0 Å². The molecule has 3 radical (unpaired) electrons. The maximum atomic E-state index is 9.93. The average molecular weight is 355 g/mol. The molecule has 0 saturated carbocycles. The van der Waals surface area contributed by atoms with Crippen LogP contribution in [0.4, 0.5) is 0 Å². The Balaban J connectivity index is -0.0000000417. The molecule has 0 spiro atoms. The van der Waals surface area contributed by atoms with Gasteiger partial charge in [0, 0.05) is 105 Å². The Bertz CT molecular complexity index is 51.8. The molecular weight excluding hydrogens is 347 g/mol. The van der Waals surface area contributed by atoms with Crippen LogP contribution < -0.4 is 0 Å². The van der Waals surface area contributed by atoms with Gasteiger partial charge < -0.3 is 5.11 Å². The molecule has 0 amide bonds. The Morgan fingerprint density at radius 2 is 1.67 bits per heavy atom. The second-order valence-corrected chi connectivity index (χ2v) is 1.05. The quantitative estimate of drug-likeness (QED) is 0.755. The van der Waals surface area contributed by atoms with E-state index in [2.05, 4.69) is 0 Å². The van der Waals surface area contributed by atoms with Crippen molar-refractivity contribution in [3.63, 3.8) is 0 Å². The summed E-state index contributed by atoms with van der Waals surface area (Å²) in [4.78, 5) is 9.93. The SMILES string of the molecule is CCC(=O)CO.[Y].[Y].[Y]. The van der Waals surface area contributed by atoms with Crippen molar-refractivity contribution in [2.45, 2.75) is 13.3 Å². The first-order valence-electron chi connectivity index (χ1n) is 1.93. The first-order chi connectivity index (χ1) is 2.81. The van der Waals surface area contributed by atoms with Crippen LogP contribution in [0.2, 0.25) is 0 Å². The summed E-state index contributed by atoms with van der Waals surface area (Å²) in [5, 5.41) is 7.99. The minimum atomic E-state index is -0.309. The van der Waals surface area contributed by atoms with Crippen molar-refractivity contribution >= 4 is 5.78 Å². The molecule has 0 unspecified atom stereocenters. The van der Waals surface area contributed by atoms with Gasteiger partial charge in [-0.15, -0.1) is 0 Å². The second kappa shape index (κ2) is 17.1. The van der Waals surface area contributed by atoms with Crippen molar-refractivity contribution in [3.05, 3.63) is 0 Å². The molecule has 9 heavy (non-hydrogen) atoms. The van der Waals surface area contributed by atoms with Crippen molar-refractivity contribution in [3.8, 4) is 0 Å². The predicted octanol–water partition coefficient (Wildman–Crippen LogP) is -0.0497. The van der Waals surface area contributed by atoms with Crippen LogP contribution in [0.1, 0.15) is 13.3 Å². The Labute approximate surface area is 131 Å². The molecule has 0 aromatic heterocycles. The Morgan fingerprint density at radius 1 is 1.33 bits per heavy atom. The summed E-state index contributed by atoms with van der Waals surface area (Å²) in [5.74, 6) is -0.102. The van der Waals surface area contributed by atoms with E-state index >= 15 is 0 Å². The maximum absolute atomic E-state index is 9.93. The molecule has 5 heteroatoms. The van der Waals surface area contributed by atoms with Crippen LogP contribution >= 0.6 is 0 Å². The van der Waals surface area contributed by atoms with Gasteiger partial charge in [0.1, 0.15) is 6.61 Å². The minimum absolute atomic E-state index is 0. The van der Waals surface area contributed by atoms with Crippen molar-refractivity contribution in [1.29, 1.82) is 0 Å². The van der Waals surface area contributed by atoms with Crippen molar-refractivity contribution in [2.24, 2.45) is 0 Å². The van der Waals surface area contributed by atoms with E-state index in [4.69, 9.17) is 5.11 Å². The summed E-state index contributed by atoms with van der Waals surface area (Å²) in [6.07, 6.45) is 0.441. The van der Waals surface area contributed by atoms with E-state index < -0.39 is 0 Å². The molecule has 0 aromatic rings. The molecular formula is C4H8O2Y3. The van der Waals surface area contributed by atoms with Crippen LogP contribution in [-0.2, 0) is 103 Å². The summed E-state index contributed by atoms with van der Waals surface area (Å²) < 4.78 is 0. The zero-order valence-electron chi connectivity index (χ0n) is 5.50. The molecule has 0 aromatic carbocycles. The van der Waals surface area contributed by atoms with Gasteiger partial charge >= 0.3 is 0 Å². The standard InChI is InChI=1S/C4H8O2.3Y/c1-2-4(6)3-5;;;/h5H,2-3H2,1H3;;;. The van der Waals surface area contributed by atoms with Gasteiger partial charge in [-0.2, -0.15) is 0 Å². The van der Waals surface area contributed by atoms with Crippen LogP contribution in [0, 0.1) is 0 Å². The monoisotopic (exact) mass is 355 g/mol. The fourth-order valence-electron chi connectivity index (χ4n) is 0.112. The van der Waals surface area contributed by atoms with E-state index in [1.807, 2.05) is 0 Å². The van der Waals surface area contributed by atoms with Crippen LogP contribution in [0.15, 0.2) is 0 Å². The van der Waals surface area contributed by atoms with E-state index in [-0.39, 0.29) is 111 Å². The Hall–Kier alpha value is 2.94. The molecule has 0 aliphatic rings. The number of carbonyl (C=O) groups excluding carboxylic acids is 1. The van der Waals surface area contributed by atoms with E-state index in [9.17, 15) is 4.79 Å². The molecule has 0 rings (SSSR count). The third-order valence-corrected chi connectivity index (χ3v) is 0.571. The Morgan fingerprint density at radius 3 is 1.67 bits per heavy atom. The third-order valence-electron chi connectivity index (χ3n) is 0.571. The summed E-state index contributed by atoms with van der Waals surface area (Å²) in [6, 6.07) is 0. The fourth-order valence-corrected chi connectivity index (χ4v) is 0.112. The van der Waals surface area contributed by atoms with Gasteiger partial charge in [-0.3, -0.25) is 4.79 Å².